The number of hydrogen-bond donors (Lipinski definition) is 1. The number of ether oxygens (including phenoxy) is 1. The van der Waals surface area contributed by atoms with Gasteiger partial charge in [0.1, 0.15) is 0 Å². The summed E-state index contributed by atoms with van der Waals surface area (Å²) in [5.74, 6) is 0. The van der Waals surface area contributed by atoms with E-state index < -0.39 is 17.8 Å². The van der Waals surface area contributed by atoms with Crippen molar-refractivity contribution >= 4 is 0 Å². The molecule has 1 unspecified atom stereocenters. The summed E-state index contributed by atoms with van der Waals surface area (Å²) in [6.07, 6.45) is -2.15. The second kappa shape index (κ2) is 5.13. The first-order chi connectivity index (χ1) is 9.97. The van der Waals surface area contributed by atoms with Crippen molar-refractivity contribution < 1.29 is 17.9 Å². The van der Waals surface area contributed by atoms with Crippen molar-refractivity contribution in [3.05, 3.63) is 64.5 Å². The van der Waals surface area contributed by atoms with E-state index in [1.807, 2.05) is 6.07 Å². The van der Waals surface area contributed by atoms with E-state index in [4.69, 9.17) is 10.5 Å². The van der Waals surface area contributed by atoms with E-state index in [1.165, 1.54) is 6.20 Å². The monoisotopic (exact) mass is 294 g/mol. The molecule has 1 aliphatic rings. The Labute approximate surface area is 119 Å². The van der Waals surface area contributed by atoms with Crippen molar-refractivity contribution in [2.45, 2.75) is 25.4 Å². The Hall–Kier alpha value is -1.92. The molecular weight excluding hydrogens is 281 g/mol. The summed E-state index contributed by atoms with van der Waals surface area (Å²) in [7, 11) is 0. The third-order valence-corrected chi connectivity index (χ3v) is 3.60. The summed E-state index contributed by atoms with van der Waals surface area (Å²) in [5.41, 5.74) is 7.90. The molecule has 2 aromatic rings. The molecule has 2 N–H and O–H groups in total. The average Bonchev–Trinajstić information content (AvgIpc) is 2.93. The molecule has 0 bridgehead atoms. The molecular formula is C15H13F3N2O. The van der Waals surface area contributed by atoms with E-state index in [1.54, 1.807) is 12.1 Å². The van der Waals surface area contributed by atoms with Crippen LogP contribution in [0, 0.1) is 0 Å². The quantitative estimate of drug-likeness (QED) is 0.925. The predicted octanol–water partition coefficient (Wildman–Crippen LogP) is 3.18. The molecule has 3 nitrogen and oxygen atoms in total. The van der Waals surface area contributed by atoms with Crippen molar-refractivity contribution in [2.24, 2.45) is 5.73 Å². The highest BCUT2D eigenvalue weighted by Crippen LogP contribution is 2.35. The van der Waals surface area contributed by atoms with Gasteiger partial charge >= 0.3 is 6.18 Å². The molecule has 1 aromatic carbocycles. The Morgan fingerprint density at radius 2 is 1.90 bits per heavy atom. The highest BCUT2D eigenvalue weighted by Gasteiger charge is 2.35. The van der Waals surface area contributed by atoms with E-state index in [2.05, 4.69) is 4.98 Å². The number of pyridine rings is 1. The lowest BCUT2D eigenvalue weighted by Crippen LogP contribution is -2.19. The third kappa shape index (κ3) is 2.64. The molecule has 1 aromatic heterocycles. The number of nitrogens with two attached hydrogens (primary N) is 1. The zero-order chi connectivity index (χ0) is 15.0. The van der Waals surface area contributed by atoms with Gasteiger partial charge in [0, 0.05) is 18.0 Å². The summed E-state index contributed by atoms with van der Waals surface area (Å²) in [4.78, 5) is 3.77. The van der Waals surface area contributed by atoms with Gasteiger partial charge in [-0.1, -0.05) is 18.2 Å². The summed E-state index contributed by atoms with van der Waals surface area (Å²) >= 11 is 0. The minimum Gasteiger partial charge on any atom is -0.372 e. The Balaban J connectivity index is 2.01. The number of halogens is 3. The maximum Gasteiger partial charge on any atom is 0.416 e. The van der Waals surface area contributed by atoms with Crippen LogP contribution in [-0.2, 0) is 24.1 Å². The SMILES string of the molecule is NC(c1ccc2c(c1)COC2)c1cnccc1C(F)(F)F. The summed E-state index contributed by atoms with van der Waals surface area (Å²) in [6.45, 7) is 1.00. The number of hydrogen-bond acceptors (Lipinski definition) is 3. The van der Waals surface area contributed by atoms with Crippen molar-refractivity contribution in [2.75, 3.05) is 0 Å². The first-order valence-corrected chi connectivity index (χ1v) is 6.43. The van der Waals surface area contributed by atoms with E-state index in [-0.39, 0.29) is 5.56 Å². The predicted molar refractivity (Wildman–Crippen MR) is 70.2 cm³/mol. The molecule has 6 heteroatoms. The Kier molecular flexibility index (Phi) is 3.43. The highest BCUT2D eigenvalue weighted by atomic mass is 19.4. The fourth-order valence-electron chi connectivity index (χ4n) is 2.48. The molecule has 0 fully saturated rings. The van der Waals surface area contributed by atoms with Crippen LogP contribution in [-0.4, -0.2) is 4.98 Å². The molecule has 0 saturated carbocycles. The largest absolute Gasteiger partial charge is 0.416 e. The van der Waals surface area contributed by atoms with Crippen LogP contribution in [0.4, 0.5) is 13.2 Å². The van der Waals surface area contributed by atoms with E-state index >= 15 is 0 Å². The van der Waals surface area contributed by atoms with Crippen molar-refractivity contribution in [1.82, 2.24) is 4.98 Å². The Morgan fingerprint density at radius 1 is 1.14 bits per heavy atom. The topological polar surface area (TPSA) is 48.1 Å². The fourth-order valence-corrected chi connectivity index (χ4v) is 2.48. The molecule has 21 heavy (non-hydrogen) atoms. The van der Waals surface area contributed by atoms with Crippen molar-refractivity contribution in [3.63, 3.8) is 0 Å². The van der Waals surface area contributed by atoms with Crippen LogP contribution < -0.4 is 5.73 Å². The number of fused-ring (bicyclic) bond motifs is 1. The molecule has 3 rings (SSSR count). The van der Waals surface area contributed by atoms with Gasteiger partial charge in [0.15, 0.2) is 0 Å². The van der Waals surface area contributed by atoms with Crippen LogP contribution in [0.5, 0.6) is 0 Å². The number of alkyl halides is 3. The number of nitrogens with zero attached hydrogens (tertiary/aromatic N) is 1. The lowest BCUT2D eigenvalue weighted by molar-refractivity contribution is -0.138. The summed E-state index contributed by atoms with van der Waals surface area (Å²) in [6, 6.07) is 5.47. The lowest BCUT2D eigenvalue weighted by Gasteiger charge is -2.18. The number of benzene rings is 1. The molecule has 0 radical (unpaired) electrons. The fraction of sp³-hybridized carbons (Fsp3) is 0.267. The van der Waals surface area contributed by atoms with Crippen LogP contribution in [0.15, 0.2) is 36.7 Å². The van der Waals surface area contributed by atoms with Gasteiger partial charge in [-0.05, 0) is 22.8 Å². The van der Waals surface area contributed by atoms with Gasteiger partial charge in [-0.25, -0.2) is 0 Å². The standard InChI is InChI=1S/C15H13F3N2O/c16-15(17,18)13-3-4-20-6-12(13)14(19)9-1-2-10-7-21-8-11(10)5-9/h1-6,14H,7-8,19H2. The van der Waals surface area contributed by atoms with Gasteiger partial charge < -0.3 is 10.5 Å². The van der Waals surface area contributed by atoms with Crippen molar-refractivity contribution in [3.8, 4) is 0 Å². The average molecular weight is 294 g/mol. The molecule has 110 valence electrons. The smallest absolute Gasteiger partial charge is 0.372 e. The van der Waals surface area contributed by atoms with E-state index in [0.29, 0.717) is 18.8 Å². The van der Waals surface area contributed by atoms with Gasteiger partial charge in [-0.15, -0.1) is 0 Å². The molecule has 0 saturated heterocycles. The van der Waals surface area contributed by atoms with Gasteiger partial charge in [0.2, 0.25) is 0 Å². The maximum absolute atomic E-state index is 13.0. The lowest BCUT2D eigenvalue weighted by atomic mass is 9.94. The third-order valence-electron chi connectivity index (χ3n) is 3.60. The van der Waals surface area contributed by atoms with Crippen LogP contribution in [0.25, 0.3) is 0 Å². The highest BCUT2D eigenvalue weighted by molar-refractivity contribution is 5.41. The minimum atomic E-state index is -4.45. The van der Waals surface area contributed by atoms with Crippen LogP contribution in [0.3, 0.4) is 0 Å². The molecule has 1 aliphatic heterocycles. The van der Waals surface area contributed by atoms with Crippen LogP contribution in [0.2, 0.25) is 0 Å². The second-order valence-corrected chi connectivity index (χ2v) is 4.96. The Bertz CT molecular complexity index is 670. The molecule has 1 atom stereocenters. The molecule has 0 aliphatic carbocycles. The van der Waals surface area contributed by atoms with Gasteiger partial charge in [-0.2, -0.15) is 13.2 Å². The summed E-state index contributed by atoms with van der Waals surface area (Å²) in [5, 5.41) is 0. The van der Waals surface area contributed by atoms with Gasteiger partial charge in [0.05, 0.1) is 24.8 Å². The maximum atomic E-state index is 13.0. The van der Waals surface area contributed by atoms with E-state index in [0.717, 1.165) is 23.4 Å². The zero-order valence-electron chi connectivity index (χ0n) is 11.0. The zero-order valence-corrected chi connectivity index (χ0v) is 11.0. The first-order valence-electron chi connectivity index (χ1n) is 6.43. The minimum absolute atomic E-state index is 0.0242. The van der Waals surface area contributed by atoms with E-state index in [9.17, 15) is 13.2 Å². The normalized spacial score (nSPS) is 15.8. The molecule has 0 spiro atoms. The molecule has 0 amide bonds. The Morgan fingerprint density at radius 3 is 2.67 bits per heavy atom. The van der Waals surface area contributed by atoms with Crippen molar-refractivity contribution in [1.29, 1.82) is 0 Å². The number of aromatic nitrogens is 1. The number of rotatable bonds is 2. The van der Waals surface area contributed by atoms with Gasteiger partial charge in [0.25, 0.3) is 0 Å². The first kappa shape index (κ1) is 14.0. The second-order valence-electron chi connectivity index (χ2n) is 4.96. The van der Waals surface area contributed by atoms with Gasteiger partial charge in [-0.3, -0.25) is 4.98 Å². The van der Waals surface area contributed by atoms with Crippen LogP contribution in [0.1, 0.15) is 33.9 Å². The molecule has 2 heterocycles. The summed E-state index contributed by atoms with van der Waals surface area (Å²) < 4.78 is 44.4. The van der Waals surface area contributed by atoms with Crippen LogP contribution >= 0.6 is 0 Å².